The molecule has 0 amide bonds. The van der Waals surface area contributed by atoms with E-state index in [1.54, 1.807) is 0 Å². The van der Waals surface area contributed by atoms with Gasteiger partial charge in [0, 0.05) is 64.2 Å². The van der Waals surface area contributed by atoms with Gasteiger partial charge in [0.05, 0.1) is 45.8 Å². The van der Waals surface area contributed by atoms with Gasteiger partial charge in [-0.1, -0.05) is 103 Å². The first-order valence-corrected chi connectivity index (χ1v) is 18.0. The minimum Gasteiger partial charge on any atom is -0.309 e. The predicted octanol–water partition coefficient (Wildman–Crippen LogP) is 12.4. The van der Waals surface area contributed by atoms with Crippen LogP contribution in [0.5, 0.6) is 0 Å². The summed E-state index contributed by atoms with van der Waals surface area (Å²) in [6.07, 6.45) is 3.71. The monoisotopic (exact) mass is 668 g/mol. The van der Waals surface area contributed by atoms with Crippen molar-refractivity contribution < 1.29 is 0 Å². The van der Waals surface area contributed by atoms with Crippen LogP contribution >= 0.6 is 11.3 Å². The third kappa shape index (κ3) is 4.25. The van der Waals surface area contributed by atoms with Crippen molar-refractivity contribution in [3.05, 3.63) is 170 Å². The molecule has 0 radical (unpaired) electrons. The number of rotatable bonds is 4. The lowest BCUT2D eigenvalue weighted by molar-refractivity contribution is 1.17. The van der Waals surface area contributed by atoms with Crippen LogP contribution in [0.25, 0.3) is 97.7 Å². The zero-order valence-corrected chi connectivity index (χ0v) is 28.2. The smallest absolute Gasteiger partial charge is 0.0893 e. The summed E-state index contributed by atoms with van der Waals surface area (Å²) in [5.74, 6) is 0. The molecule has 4 nitrogen and oxygen atoms in total. The minimum atomic E-state index is 0.848. The molecule has 0 saturated carbocycles. The molecule has 11 aromatic rings. The summed E-state index contributed by atoms with van der Waals surface area (Å²) in [6.45, 7) is 0. The Kier molecular flexibility index (Phi) is 6.09. The van der Waals surface area contributed by atoms with E-state index in [2.05, 4.69) is 154 Å². The lowest BCUT2D eigenvalue weighted by Crippen LogP contribution is -1.95. The Bertz CT molecular complexity index is 3130. The van der Waals surface area contributed by atoms with E-state index in [-0.39, 0.29) is 0 Å². The second kappa shape index (κ2) is 11.0. The van der Waals surface area contributed by atoms with E-state index in [9.17, 15) is 0 Å². The van der Waals surface area contributed by atoms with E-state index >= 15 is 0 Å². The summed E-state index contributed by atoms with van der Waals surface area (Å²) in [4.78, 5) is 9.73. The molecule has 0 bridgehead atoms. The first-order chi connectivity index (χ1) is 25.3. The van der Waals surface area contributed by atoms with Gasteiger partial charge < -0.3 is 9.13 Å². The van der Waals surface area contributed by atoms with Crippen molar-refractivity contribution in [2.75, 3.05) is 0 Å². The molecule has 0 atom stereocenters. The zero-order valence-electron chi connectivity index (χ0n) is 27.4. The summed E-state index contributed by atoms with van der Waals surface area (Å²) in [5, 5.41) is 7.56. The molecule has 5 heteroatoms. The number of hydrogen-bond acceptors (Lipinski definition) is 3. The van der Waals surface area contributed by atoms with Crippen molar-refractivity contribution in [1.82, 2.24) is 19.1 Å². The fourth-order valence-corrected chi connectivity index (χ4v) is 9.10. The second-order valence-electron chi connectivity index (χ2n) is 13.0. The first-order valence-electron chi connectivity index (χ1n) is 17.2. The molecule has 0 aliphatic heterocycles. The van der Waals surface area contributed by atoms with Crippen LogP contribution in [0.15, 0.2) is 170 Å². The van der Waals surface area contributed by atoms with Crippen LogP contribution in [-0.2, 0) is 0 Å². The molecule has 0 aliphatic carbocycles. The number of nitrogens with zero attached hydrogens (tertiary/aromatic N) is 4. The SMILES string of the molecule is c1ccc(-c2cncc(-c3ccc4c5c6c7ccccc7n(-c7ccccc7)c6ccc5n(-c5ccc6c(c5)sc5ccccc56)c4c3)n2)cc1. The van der Waals surface area contributed by atoms with E-state index in [1.807, 2.05) is 41.9 Å². The van der Waals surface area contributed by atoms with Crippen molar-refractivity contribution in [2.24, 2.45) is 0 Å². The van der Waals surface area contributed by atoms with Gasteiger partial charge in [-0.3, -0.25) is 4.98 Å². The maximum Gasteiger partial charge on any atom is 0.0893 e. The molecule has 0 N–H and O–H groups in total. The highest BCUT2D eigenvalue weighted by atomic mass is 32.1. The summed E-state index contributed by atoms with van der Waals surface area (Å²) in [5.41, 5.74) is 10.8. The molecular weight excluding hydrogens is 641 g/mol. The highest BCUT2D eigenvalue weighted by Gasteiger charge is 2.21. The van der Waals surface area contributed by atoms with Crippen molar-refractivity contribution in [3.63, 3.8) is 0 Å². The predicted molar refractivity (Wildman–Crippen MR) is 214 cm³/mol. The van der Waals surface area contributed by atoms with Crippen molar-refractivity contribution in [1.29, 1.82) is 0 Å². The second-order valence-corrected chi connectivity index (χ2v) is 14.1. The quantitative estimate of drug-likeness (QED) is 0.187. The lowest BCUT2D eigenvalue weighted by atomic mass is 10.0. The summed E-state index contributed by atoms with van der Waals surface area (Å²) < 4.78 is 7.43. The van der Waals surface area contributed by atoms with Crippen LogP contribution in [0.2, 0.25) is 0 Å². The Morgan fingerprint density at radius 1 is 0.392 bits per heavy atom. The molecule has 4 heterocycles. The topological polar surface area (TPSA) is 35.6 Å². The Morgan fingerprint density at radius 3 is 1.80 bits per heavy atom. The number of thiophene rings is 1. The summed E-state index contributed by atoms with van der Waals surface area (Å²) in [7, 11) is 0. The third-order valence-corrected chi connectivity index (χ3v) is 11.3. The Labute approximate surface area is 297 Å². The lowest BCUT2D eigenvalue weighted by Gasteiger charge is -2.10. The van der Waals surface area contributed by atoms with Gasteiger partial charge in [0.1, 0.15) is 0 Å². The maximum atomic E-state index is 5.10. The fourth-order valence-electron chi connectivity index (χ4n) is 7.97. The number of fused-ring (bicyclic) bond motifs is 10. The molecule has 0 spiro atoms. The van der Waals surface area contributed by atoms with E-state index in [0.717, 1.165) is 39.4 Å². The number of hydrogen-bond donors (Lipinski definition) is 0. The van der Waals surface area contributed by atoms with E-state index in [4.69, 9.17) is 4.98 Å². The van der Waals surface area contributed by atoms with Gasteiger partial charge in [-0.2, -0.15) is 0 Å². The molecule has 7 aromatic carbocycles. The van der Waals surface area contributed by atoms with Gasteiger partial charge in [0.25, 0.3) is 0 Å². The van der Waals surface area contributed by atoms with Crippen LogP contribution < -0.4 is 0 Å². The Hall–Kier alpha value is -6.56. The standard InChI is InChI=1S/C46H28N4S/c1-3-11-29(12-4-1)37-27-47-28-38(48-37)30-19-21-36-42(25-30)50(32-20-22-34-33-15-8-10-18-43(33)51-44(34)26-32)41-24-23-40-45(46(36)41)35-16-7-9-17-39(35)49(40)31-13-5-2-6-14-31/h1-28H. The largest absolute Gasteiger partial charge is 0.309 e. The third-order valence-electron chi connectivity index (χ3n) is 10.2. The van der Waals surface area contributed by atoms with E-state index in [1.165, 1.54) is 58.3 Å². The van der Waals surface area contributed by atoms with Crippen molar-refractivity contribution >= 4 is 75.1 Å². The molecular formula is C46H28N4S. The van der Waals surface area contributed by atoms with Gasteiger partial charge in [-0.15, -0.1) is 11.3 Å². The molecule has 238 valence electrons. The van der Waals surface area contributed by atoms with Crippen molar-refractivity contribution in [3.8, 4) is 33.9 Å². The zero-order chi connectivity index (χ0) is 33.5. The molecule has 0 saturated heterocycles. The van der Waals surface area contributed by atoms with Gasteiger partial charge in [-0.25, -0.2) is 4.98 Å². The van der Waals surface area contributed by atoms with E-state index in [0.29, 0.717) is 0 Å². The normalized spacial score (nSPS) is 11.9. The number of benzene rings is 7. The molecule has 0 unspecified atom stereocenters. The molecule has 0 aliphatic rings. The van der Waals surface area contributed by atoms with E-state index < -0.39 is 0 Å². The average molecular weight is 669 g/mol. The van der Waals surface area contributed by atoms with Crippen LogP contribution in [0.3, 0.4) is 0 Å². The number of aromatic nitrogens is 4. The highest BCUT2D eigenvalue weighted by molar-refractivity contribution is 7.25. The summed E-state index contributed by atoms with van der Waals surface area (Å²) >= 11 is 1.85. The molecule has 11 rings (SSSR count). The maximum absolute atomic E-state index is 5.10. The van der Waals surface area contributed by atoms with Crippen LogP contribution in [0, 0.1) is 0 Å². The van der Waals surface area contributed by atoms with Crippen LogP contribution in [-0.4, -0.2) is 19.1 Å². The summed E-state index contributed by atoms with van der Waals surface area (Å²) in [6, 6.07) is 56.8. The van der Waals surface area contributed by atoms with Gasteiger partial charge >= 0.3 is 0 Å². The average Bonchev–Trinajstić information content (AvgIpc) is 3.85. The van der Waals surface area contributed by atoms with Gasteiger partial charge in [0.15, 0.2) is 0 Å². The van der Waals surface area contributed by atoms with Crippen molar-refractivity contribution in [2.45, 2.75) is 0 Å². The molecule has 0 fully saturated rings. The number of para-hydroxylation sites is 2. The molecule has 51 heavy (non-hydrogen) atoms. The molecule has 4 aromatic heterocycles. The van der Waals surface area contributed by atoms with Crippen LogP contribution in [0.4, 0.5) is 0 Å². The minimum absolute atomic E-state index is 0.848. The Morgan fingerprint density at radius 2 is 1.00 bits per heavy atom. The Balaban J connectivity index is 1.24. The van der Waals surface area contributed by atoms with Gasteiger partial charge in [0.2, 0.25) is 0 Å². The fraction of sp³-hybridized carbons (Fsp3) is 0. The first kappa shape index (κ1) is 28.3. The highest BCUT2D eigenvalue weighted by Crippen LogP contribution is 2.44. The van der Waals surface area contributed by atoms with Crippen LogP contribution in [0.1, 0.15) is 0 Å². The van der Waals surface area contributed by atoms with Gasteiger partial charge in [-0.05, 0) is 54.6 Å².